The zero-order chi connectivity index (χ0) is 22.0. The Hall–Kier alpha value is -3.64. The zero-order valence-corrected chi connectivity index (χ0v) is 18.4. The van der Waals surface area contributed by atoms with Crippen LogP contribution in [0.3, 0.4) is 0 Å². The highest BCUT2D eigenvalue weighted by Crippen LogP contribution is 2.24. The lowest BCUT2D eigenvalue weighted by Gasteiger charge is -2.05. The summed E-state index contributed by atoms with van der Waals surface area (Å²) < 4.78 is 1.77. The zero-order valence-electron chi connectivity index (χ0n) is 17.6. The number of rotatable bonds is 4. The third-order valence-corrected chi connectivity index (χ3v) is 5.89. The van der Waals surface area contributed by atoms with Crippen LogP contribution in [-0.2, 0) is 0 Å². The van der Waals surface area contributed by atoms with Crippen molar-refractivity contribution in [3.8, 4) is 22.8 Å². The Morgan fingerprint density at radius 1 is 0.871 bits per heavy atom. The Morgan fingerprint density at radius 3 is 2.35 bits per heavy atom. The largest absolute Gasteiger partial charge is 0.508 e. The molecule has 5 nitrogen and oxygen atoms in total. The summed E-state index contributed by atoms with van der Waals surface area (Å²) in [5.41, 5.74) is 6.88. The normalized spacial score (nSPS) is 12.0. The number of hydrogen-bond donors (Lipinski definition) is 2. The van der Waals surface area contributed by atoms with Crippen molar-refractivity contribution in [2.45, 2.75) is 20.8 Å². The van der Waals surface area contributed by atoms with E-state index < -0.39 is 0 Å². The summed E-state index contributed by atoms with van der Waals surface area (Å²) in [6.45, 7) is 6.20. The van der Waals surface area contributed by atoms with E-state index in [1.165, 1.54) is 40.2 Å². The number of nitrogens with zero attached hydrogens (tertiary/aromatic N) is 3. The second-order valence-electron chi connectivity index (χ2n) is 7.45. The van der Waals surface area contributed by atoms with Gasteiger partial charge in [0, 0.05) is 22.6 Å². The topological polar surface area (TPSA) is 70.1 Å². The van der Waals surface area contributed by atoms with Crippen molar-refractivity contribution in [3.63, 3.8) is 0 Å². The van der Waals surface area contributed by atoms with Gasteiger partial charge in [0.1, 0.15) is 11.5 Å². The number of phenols is 2. The van der Waals surface area contributed by atoms with E-state index in [1.807, 2.05) is 11.4 Å². The van der Waals surface area contributed by atoms with Gasteiger partial charge in [0.15, 0.2) is 0 Å². The van der Waals surface area contributed by atoms with E-state index in [4.69, 9.17) is 4.99 Å². The molecule has 0 aliphatic heterocycles. The van der Waals surface area contributed by atoms with E-state index in [0.717, 1.165) is 16.9 Å². The number of phenolic OH excluding ortho intramolecular Hbond substituents is 2. The summed E-state index contributed by atoms with van der Waals surface area (Å²) in [4.78, 5) is 5.54. The molecule has 0 amide bonds. The van der Waals surface area contributed by atoms with Crippen LogP contribution in [0, 0.1) is 20.8 Å². The quantitative estimate of drug-likeness (QED) is 0.411. The number of benzene rings is 3. The Balaban J connectivity index is 1.85. The summed E-state index contributed by atoms with van der Waals surface area (Å²) in [7, 11) is 0. The average molecular weight is 430 g/mol. The summed E-state index contributed by atoms with van der Waals surface area (Å²) >= 11 is 1.50. The highest BCUT2D eigenvalue weighted by Gasteiger charge is 2.09. The van der Waals surface area contributed by atoms with E-state index >= 15 is 0 Å². The molecular weight excluding hydrogens is 406 g/mol. The van der Waals surface area contributed by atoms with Crippen molar-refractivity contribution in [1.29, 1.82) is 0 Å². The molecule has 0 saturated carbocycles. The lowest BCUT2D eigenvalue weighted by atomic mass is 10.1. The van der Waals surface area contributed by atoms with E-state index in [1.54, 1.807) is 17.0 Å². The van der Waals surface area contributed by atoms with Crippen molar-refractivity contribution in [1.82, 2.24) is 4.68 Å². The molecule has 0 spiro atoms. The van der Waals surface area contributed by atoms with Crippen LogP contribution in [0.15, 0.2) is 76.1 Å². The lowest BCUT2D eigenvalue weighted by molar-refractivity contribution is 0.450. The predicted octanol–water partition coefficient (Wildman–Crippen LogP) is 5.67. The van der Waals surface area contributed by atoms with Gasteiger partial charge >= 0.3 is 0 Å². The molecule has 0 unspecified atom stereocenters. The van der Waals surface area contributed by atoms with Crippen LogP contribution in [0.2, 0.25) is 0 Å². The first kappa shape index (κ1) is 20.6. The Bertz CT molecular complexity index is 1330. The summed E-state index contributed by atoms with van der Waals surface area (Å²) in [6.07, 6.45) is 1.57. The number of thiazole rings is 1. The van der Waals surface area contributed by atoms with Crippen LogP contribution in [-0.4, -0.2) is 21.1 Å². The van der Waals surface area contributed by atoms with Crippen LogP contribution in [0.4, 0.5) is 5.69 Å². The SMILES string of the molecule is Cc1ccc(-c2csc(=Nc3ccc(C)c(C)c3)n2N=Cc2ccc(O)cc2O)cc1. The second-order valence-corrected chi connectivity index (χ2v) is 8.29. The van der Waals surface area contributed by atoms with Crippen molar-refractivity contribution in [3.05, 3.63) is 93.1 Å². The minimum Gasteiger partial charge on any atom is -0.508 e. The summed E-state index contributed by atoms with van der Waals surface area (Å²) in [5, 5.41) is 26.3. The minimum absolute atomic E-state index is 0.00334. The molecule has 1 heterocycles. The van der Waals surface area contributed by atoms with Gasteiger partial charge in [0.2, 0.25) is 4.80 Å². The molecule has 0 fully saturated rings. The van der Waals surface area contributed by atoms with Gasteiger partial charge < -0.3 is 10.2 Å². The highest BCUT2D eigenvalue weighted by molar-refractivity contribution is 7.07. The fraction of sp³-hybridized carbons (Fsp3) is 0.120. The molecule has 1 aromatic heterocycles. The van der Waals surface area contributed by atoms with Gasteiger partial charge in [-0.1, -0.05) is 35.9 Å². The Morgan fingerprint density at radius 2 is 1.65 bits per heavy atom. The molecule has 0 bridgehead atoms. The molecular formula is C25H23N3O2S. The third kappa shape index (κ3) is 4.59. The molecule has 0 aliphatic carbocycles. The number of aryl methyl sites for hydroxylation is 3. The molecule has 3 aromatic carbocycles. The lowest BCUT2D eigenvalue weighted by Crippen LogP contribution is -2.11. The Kier molecular flexibility index (Phi) is 5.73. The van der Waals surface area contributed by atoms with Gasteiger partial charge in [-0.15, -0.1) is 11.3 Å². The van der Waals surface area contributed by atoms with E-state index in [2.05, 4.69) is 62.3 Å². The fourth-order valence-corrected chi connectivity index (χ4v) is 3.93. The summed E-state index contributed by atoms with van der Waals surface area (Å²) in [5.74, 6) is -0.0345. The van der Waals surface area contributed by atoms with Crippen molar-refractivity contribution in [2.75, 3.05) is 0 Å². The van der Waals surface area contributed by atoms with Gasteiger partial charge in [-0.05, 0) is 56.2 Å². The molecule has 31 heavy (non-hydrogen) atoms. The molecule has 2 N–H and O–H groups in total. The van der Waals surface area contributed by atoms with E-state index in [0.29, 0.717) is 10.4 Å². The molecule has 0 radical (unpaired) electrons. The maximum Gasteiger partial charge on any atom is 0.211 e. The number of aromatic hydroxyl groups is 2. The van der Waals surface area contributed by atoms with Crippen LogP contribution >= 0.6 is 11.3 Å². The van der Waals surface area contributed by atoms with Crippen LogP contribution in [0.25, 0.3) is 11.3 Å². The van der Waals surface area contributed by atoms with Gasteiger partial charge in [-0.25, -0.2) is 9.67 Å². The van der Waals surface area contributed by atoms with Crippen molar-refractivity contribution in [2.24, 2.45) is 10.1 Å². The van der Waals surface area contributed by atoms with Gasteiger partial charge in [-0.3, -0.25) is 0 Å². The van der Waals surface area contributed by atoms with Crippen LogP contribution < -0.4 is 4.80 Å². The molecule has 0 aliphatic rings. The van der Waals surface area contributed by atoms with Gasteiger partial charge in [0.25, 0.3) is 0 Å². The number of hydrogen-bond acceptors (Lipinski definition) is 5. The first-order chi connectivity index (χ1) is 14.9. The monoisotopic (exact) mass is 429 g/mol. The van der Waals surface area contributed by atoms with Crippen molar-refractivity contribution >= 4 is 23.2 Å². The Labute approximate surface area is 184 Å². The summed E-state index contributed by atoms with van der Waals surface area (Å²) in [6, 6.07) is 18.8. The molecule has 4 rings (SSSR count). The molecule has 156 valence electrons. The smallest absolute Gasteiger partial charge is 0.211 e. The molecule has 4 aromatic rings. The average Bonchev–Trinajstić information content (AvgIpc) is 3.13. The standard InChI is InChI=1S/C25H23N3O2S/c1-16-4-7-19(8-5-16)23-15-31-25(27-21-10-6-17(2)18(3)12-21)28(23)26-14-20-9-11-22(29)13-24(20)30/h4-15,29-30H,1-3H3. The van der Waals surface area contributed by atoms with Crippen LogP contribution in [0.1, 0.15) is 22.3 Å². The van der Waals surface area contributed by atoms with Crippen molar-refractivity contribution < 1.29 is 10.2 Å². The second kappa shape index (κ2) is 8.62. The van der Waals surface area contributed by atoms with Gasteiger partial charge in [-0.2, -0.15) is 5.10 Å². The first-order valence-electron chi connectivity index (χ1n) is 9.86. The molecule has 0 saturated heterocycles. The third-order valence-electron chi connectivity index (χ3n) is 5.07. The van der Waals surface area contributed by atoms with Crippen LogP contribution in [0.5, 0.6) is 11.5 Å². The van der Waals surface area contributed by atoms with E-state index in [-0.39, 0.29) is 11.5 Å². The highest BCUT2D eigenvalue weighted by atomic mass is 32.1. The number of aromatic nitrogens is 1. The van der Waals surface area contributed by atoms with E-state index in [9.17, 15) is 10.2 Å². The molecule has 0 atom stereocenters. The maximum atomic E-state index is 10.1. The maximum absolute atomic E-state index is 10.1. The minimum atomic E-state index is -0.0379. The molecule has 6 heteroatoms. The first-order valence-corrected chi connectivity index (χ1v) is 10.7. The van der Waals surface area contributed by atoms with Gasteiger partial charge in [0.05, 0.1) is 17.6 Å². The fourth-order valence-electron chi connectivity index (χ4n) is 3.08. The predicted molar refractivity (Wildman–Crippen MR) is 126 cm³/mol.